The van der Waals surface area contributed by atoms with Crippen LogP contribution in [0.4, 0.5) is 5.69 Å². The zero-order valence-electron chi connectivity index (χ0n) is 8.29. The lowest BCUT2D eigenvalue weighted by Gasteiger charge is -2.29. The Hall–Kier alpha value is -1.37. The number of fused-ring (bicyclic) bond motifs is 1. The second kappa shape index (κ2) is 3.31. The maximum absolute atomic E-state index is 11.2. The van der Waals surface area contributed by atoms with Crippen LogP contribution in [0, 0.1) is 0 Å². The summed E-state index contributed by atoms with van der Waals surface area (Å²) in [6, 6.07) is 4.75. The van der Waals surface area contributed by atoms with Gasteiger partial charge >= 0.3 is 0 Å². The quantitative estimate of drug-likeness (QED) is 0.497. The molecule has 1 atom stereocenters. The summed E-state index contributed by atoms with van der Waals surface area (Å²) in [5.41, 5.74) is 6.32. The second-order valence-electron chi connectivity index (χ2n) is 3.68. The fourth-order valence-electron chi connectivity index (χ4n) is 1.86. The Morgan fingerprint density at radius 2 is 2.06 bits per heavy atom. The van der Waals surface area contributed by atoms with E-state index in [1.54, 1.807) is 18.2 Å². The molecule has 0 aliphatic heterocycles. The lowest BCUT2D eigenvalue weighted by Crippen LogP contribution is -2.37. The highest BCUT2D eigenvalue weighted by molar-refractivity contribution is 7.86. The van der Waals surface area contributed by atoms with Crippen LogP contribution in [0.15, 0.2) is 24.3 Å². The summed E-state index contributed by atoms with van der Waals surface area (Å²) in [5, 5.41) is 10.1. The lowest BCUT2D eigenvalue weighted by molar-refractivity contribution is 0.115. The number of benzene rings is 1. The van der Waals surface area contributed by atoms with Gasteiger partial charge in [-0.2, -0.15) is 8.42 Å². The van der Waals surface area contributed by atoms with Gasteiger partial charge in [0.2, 0.25) is 4.93 Å². The normalized spacial score (nSPS) is 24.1. The first-order valence-corrected chi connectivity index (χ1v) is 6.05. The van der Waals surface area contributed by atoms with Crippen LogP contribution < -0.4 is 5.73 Å². The molecular weight excluding hydrogens is 230 g/mol. The number of hydrogen-bond donors (Lipinski definition) is 3. The second-order valence-corrected chi connectivity index (χ2v) is 5.30. The molecule has 1 aliphatic carbocycles. The molecule has 6 heteroatoms. The van der Waals surface area contributed by atoms with Crippen LogP contribution >= 0.6 is 0 Å². The van der Waals surface area contributed by atoms with Crippen LogP contribution in [0.1, 0.15) is 17.5 Å². The van der Waals surface area contributed by atoms with Gasteiger partial charge in [-0.1, -0.05) is 24.3 Å². The minimum Gasteiger partial charge on any atom is -0.398 e. The SMILES string of the molecule is Nc1cccc2c1C(O)(S(=O)(=O)O)CC=C2. The summed E-state index contributed by atoms with van der Waals surface area (Å²) in [4.78, 5) is -2.34. The van der Waals surface area contributed by atoms with Crippen molar-refractivity contribution in [3.63, 3.8) is 0 Å². The molecule has 0 radical (unpaired) electrons. The number of hydrogen-bond acceptors (Lipinski definition) is 4. The van der Waals surface area contributed by atoms with Gasteiger partial charge < -0.3 is 10.8 Å². The molecule has 1 aromatic carbocycles. The van der Waals surface area contributed by atoms with Crippen molar-refractivity contribution in [3.8, 4) is 0 Å². The summed E-state index contributed by atoms with van der Waals surface area (Å²) in [7, 11) is -4.64. The fraction of sp³-hybridized carbons (Fsp3) is 0.200. The van der Waals surface area contributed by atoms with Gasteiger partial charge in [0, 0.05) is 17.7 Å². The van der Waals surface area contributed by atoms with E-state index in [2.05, 4.69) is 0 Å². The molecule has 0 saturated carbocycles. The van der Waals surface area contributed by atoms with Crippen LogP contribution in [0.5, 0.6) is 0 Å². The van der Waals surface area contributed by atoms with E-state index in [-0.39, 0.29) is 17.7 Å². The summed E-state index contributed by atoms with van der Waals surface area (Å²) >= 11 is 0. The molecule has 0 amide bonds. The van der Waals surface area contributed by atoms with E-state index in [9.17, 15) is 13.5 Å². The highest BCUT2D eigenvalue weighted by Crippen LogP contribution is 2.40. The molecule has 0 heterocycles. The molecule has 2 rings (SSSR count). The van der Waals surface area contributed by atoms with Crippen molar-refractivity contribution in [2.24, 2.45) is 0 Å². The largest absolute Gasteiger partial charge is 0.398 e. The Labute approximate surface area is 93.0 Å². The Bertz CT molecular complexity index is 564. The number of aliphatic hydroxyl groups is 1. The molecule has 1 unspecified atom stereocenters. The molecule has 0 spiro atoms. The first-order valence-electron chi connectivity index (χ1n) is 4.61. The third-order valence-corrected chi connectivity index (χ3v) is 3.86. The van der Waals surface area contributed by atoms with Gasteiger partial charge in [-0.25, -0.2) is 0 Å². The number of anilines is 1. The maximum atomic E-state index is 11.2. The fourth-order valence-corrected chi connectivity index (χ4v) is 2.66. The van der Waals surface area contributed by atoms with Crippen LogP contribution in [0.2, 0.25) is 0 Å². The van der Waals surface area contributed by atoms with Crippen molar-refractivity contribution < 1.29 is 18.1 Å². The monoisotopic (exact) mass is 241 g/mol. The predicted molar refractivity (Wildman–Crippen MR) is 60.0 cm³/mol. The van der Waals surface area contributed by atoms with Crippen LogP contribution in [-0.4, -0.2) is 18.1 Å². The van der Waals surface area contributed by atoms with Crippen molar-refractivity contribution in [3.05, 3.63) is 35.4 Å². The Morgan fingerprint density at radius 3 is 2.69 bits per heavy atom. The first-order chi connectivity index (χ1) is 7.36. The number of rotatable bonds is 1. The highest BCUT2D eigenvalue weighted by atomic mass is 32.2. The molecule has 0 fully saturated rings. The topological polar surface area (TPSA) is 101 Å². The van der Waals surface area contributed by atoms with Crippen molar-refractivity contribution in [2.45, 2.75) is 11.4 Å². The summed E-state index contributed by atoms with van der Waals surface area (Å²) in [6.45, 7) is 0. The molecule has 1 aliphatic rings. The summed E-state index contributed by atoms with van der Waals surface area (Å²) < 4.78 is 31.6. The van der Waals surface area contributed by atoms with Crippen molar-refractivity contribution in [1.82, 2.24) is 0 Å². The zero-order valence-corrected chi connectivity index (χ0v) is 9.11. The predicted octanol–water partition coefficient (Wildman–Crippen LogP) is 0.719. The first kappa shape index (κ1) is 11.1. The van der Waals surface area contributed by atoms with Gasteiger partial charge in [0.1, 0.15) is 0 Å². The summed E-state index contributed by atoms with van der Waals surface area (Å²) in [5.74, 6) is 0. The molecule has 0 saturated heterocycles. The van der Waals surface area contributed by atoms with Crippen LogP contribution in [0.3, 0.4) is 0 Å². The van der Waals surface area contributed by atoms with Crippen molar-refractivity contribution in [1.29, 1.82) is 0 Å². The van der Waals surface area contributed by atoms with Crippen molar-refractivity contribution in [2.75, 3.05) is 5.73 Å². The Kier molecular flexibility index (Phi) is 2.30. The van der Waals surface area contributed by atoms with E-state index >= 15 is 0 Å². The van der Waals surface area contributed by atoms with Gasteiger partial charge in [0.15, 0.2) is 0 Å². The molecule has 0 aromatic heterocycles. The minimum absolute atomic E-state index is 0.0417. The van der Waals surface area contributed by atoms with Gasteiger partial charge in [0.05, 0.1) is 0 Å². The maximum Gasteiger partial charge on any atom is 0.299 e. The zero-order chi connectivity index (χ0) is 12.0. The van der Waals surface area contributed by atoms with Gasteiger partial charge in [0.25, 0.3) is 10.1 Å². The smallest absolute Gasteiger partial charge is 0.299 e. The Balaban J connectivity index is 2.79. The summed E-state index contributed by atoms with van der Waals surface area (Å²) in [6.07, 6.45) is 2.92. The molecular formula is C10H11NO4S. The molecule has 16 heavy (non-hydrogen) atoms. The molecule has 86 valence electrons. The lowest BCUT2D eigenvalue weighted by atomic mass is 9.93. The van der Waals surface area contributed by atoms with E-state index in [0.29, 0.717) is 5.56 Å². The van der Waals surface area contributed by atoms with E-state index < -0.39 is 15.1 Å². The third-order valence-electron chi connectivity index (χ3n) is 2.64. The van der Waals surface area contributed by atoms with E-state index in [1.807, 2.05) is 0 Å². The average Bonchev–Trinajstić information content (AvgIpc) is 2.16. The number of nitrogens with two attached hydrogens (primary N) is 1. The molecule has 1 aromatic rings. The molecule has 0 bridgehead atoms. The van der Waals surface area contributed by atoms with Crippen LogP contribution in [-0.2, 0) is 15.1 Å². The van der Waals surface area contributed by atoms with Crippen LogP contribution in [0.25, 0.3) is 6.08 Å². The minimum atomic E-state index is -4.64. The van der Waals surface area contributed by atoms with Gasteiger partial charge in [-0.15, -0.1) is 0 Å². The third kappa shape index (κ3) is 1.42. The standard InChI is InChI=1S/C10H11NO4S/c11-8-5-1-3-7-4-2-6-10(12,9(7)8)16(13,14)15/h1-5,12H,6,11H2,(H,13,14,15). The van der Waals surface area contributed by atoms with Crippen molar-refractivity contribution >= 4 is 21.9 Å². The van der Waals surface area contributed by atoms with Gasteiger partial charge in [-0.05, 0) is 11.6 Å². The molecule has 4 N–H and O–H groups in total. The van der Waals surface area contributed by atoms with E-state index in [0.717, 1.165) is 0 Å². The molecule has 5 nitrogen and oxygen atoms in total. The van der Waals surface area contributed by atoms with E-state index in [1.165, 1.54) is 12.1 Å². The average molecular weight is 241 g/mol. The van der Waals surface area contributed by atoms with Gasteiger partial charge in [-0.3, -0.25) is 4.55 Å². The van der Waals surface area contributed by atoms with E-state index in [4.69, 9.17) is 10.3 Å². The Morgan fingerprint density at radius 1 is 1.38 bits per heavy atom. The number of nitrogen functional groups attached to an aromatic ring is 1. The highest BCUT2D eigenvalue weighted by Gasteiger charge is 2.45.